The molecule has 0 aliphatic heterocycles. The lowest BCUT2D eigenvalue weighted by Crippen LogP contribution is -2.44. The van der Waals surface area contributed by atoms with Crippen LogP contribution in [0.3, 0.4) is 0 Å². The summed E-state index contributed by atoms with van der Waals surface area (Å²) in [5, 5.41) is 3.77. The van der Waals surface area contributed by atoms with E-state index in [-0.39, 0.29) is 0 Å². The van der Waals surface area contributed by atoms with Crippen molar-refractivity contribution in [3.05, 3.63) is 0 Å². The Morgan fingerprint density at radius 3 is 2.40 bits per heavy atom. The highest BCUT2D eigenvalue weighted by Crippen LogP contribution is 2.34. The van der Waals surface area contributed by atoms with Crippen molar-refractivity contribution in [1.82, 2.24) is 5.32 Å². The molecule has 0 radical (unpaired) electrons. The van der Waals surface area contributed by atoms with Crippen LogP contribution in [-0.4, -0.2) is 12.6 Å². The van der Waals surface area contributed by atoms with Crippen LogP contribution in [0.4, 0.5) is 0 Å². The molecule has 1 rings (SSSR count). The van der Waals surface area contributed by atoms with Crippen molar-refractivity contribution < 1.29 is 0 Å². The molecule has 1 heteroatoms. The summed E-state index contributed by atoms with van der Waals surface area (Å²) in [4.78, 5) is 0. The molecule has 0 spiro atoms. The molecular formula is C14H29N. The van der Waals surface area contributed by atoms with Crippen molar-refractivity contribution in [2.75, 3.05) is 6.54 Å². The van der Waals surface area contributed by atoms with E-state index in [1.165, 1.54) is 38.6 Å². The van der Waals surface area contributed by atoms with Crippen molar-refractivity contribution in [1.29, 1.82) is 0 Å². The highest BCUT2D eigenvalue weighted by Gasteiger charge is 2.30. The number of hydrogen-bond donors (Lipinski definition) is 1. The lowest BCUT2D eigenvalue weighted by molar-refractivity contribution is 0.163. The first-order valence-corrected chi connectivity index (χ1v) is 6.90. The van der Waals surface area contributed by atoms with Gasteiger partial charge < -0.3 is 5.32 Å². The van der Waals surface area contributed by atoms with Gasteiger partial charge in [-0.2, -0.15) is 0 Å². The molecule has 1 nitrogen and oxygen atoms in total. The first-order chi connectivity index (χ1) is 7.16. The molecule has 0 aromatic heterocycles. The molecule has 0 aromatic rings. The molecule has 90 valence electrons. The smallest absolute Gasteiger partial charge is 0.0121 e. The second-order valence-electron chi connectivity index (χ2n) is 5.65. The van der Waals surface area contributed by atoms with Crippen LogP contribution in [0.25, 0.3) is 0 Å². The summed E-state index contributed by atoms with van der Waals surface area (Å²) < 4.78 is 0. The number of nitrogens with one attached hydrogen (secondary N) is 1. The molecule has 3 atom stereocenters. The molecule has 0 bridgehead atoms. The van der Waals surface area contributed by atoms with Gasteiger partial charge in [0, 0.05) is 6.04 Å². The highest BCUT2D eigenvalue weighted by molar-refractivity contribution is 4.85. The molecule has 1 saturated carbocycles. The van der Waals surface area contributed by atoms with E-state index in [1.807, 2.05) is 0 Å². The standard InChI is InChI=1S/C14H29N/c1-5-10-15-14(11(2)3)13-9-7-6-8-12(13)4/h11-15H,5-10H2,1-4H3. The topological polar surface area (TPSA) is 12.0 Å². The van der Waals surface area contributed by atoms with Gasteiger partial charge in [0.1, 0.15) is 0 Å². The molecule has 0 aromatic carbocycles. The van der Waals surface area contributed by atoms with Crippen molar-refractivity contribution in [2.45, 2.75) is 65.8 Å². The zero-order chi connectivity index (χ0) is 11.3. The van der Waals surface area contributed by atoms with Gasteiger partial charge in [-0.25, -0.2) is 0 Å². The predicted molar refractivity (Wildman–Crippen MR) is 68.0 cm³/mol. The van der Waals surface area contributed by atoms with E-state index in [2.05, 4.69) is 33.0 Å². The highest BCUT2D eigenvalue weighted by atomic mass is 14.9. The molecule has 0 saturated heterocycles. The van der Waals surface area contributed by atoms with Gasteiger partial charge in [-0.3, -0.25) is 0 Å². The lowest BCUT2D eigenvalue weighted by Gasteiger charge is -2.38. The third-order valence-electron chi connectivity index (χ3n) is 3.99. The fourth-order valence-corrected chi connectivity index (χ4v) is 3.07. The maximum absolute atomic E-state index is 3.77. The maximum atomic E-state index is 3.77. The Kier molecular flexibility index (Phi) is 5.66. The Bertz CT molecular complexity index is 165. The van der Waals surface area contributed by atoms with Crippen molar-refractivity contribution in [3.63, 3.8) is 0 Å². The van der Waals surface area contributed by atoms with Gasteiger partial charge in [-0.1, -0.05) is 47.0 Å². The Morgan fingerprint density at radius 2 is 1.87 bits per heavy atom. The Morgan fingerprint density at radius 1 is 1.20 bits per heavy atom. The van der Waals surface area contributed by atoms with Crippen molar-refractivity contribution in [3.8, 4) is 0 Å². The minimum Gasteiger partial charge on any atom is -0.313 e. The molecule has 1 N–H and O–H groups in total. The van der Waals surface area contributed by atoms with Gasteiger partial charge in [0.15, 0.2) is 0 Å². The average Bonchev–Trinajstić information content (AvgIpc) is 2.20. The van der Waals surface area contributed by atoms with Crippen LogP contribution in [-0.2, 0) is 0 Å². The molecule has 0 heterocycles. The molecule has 15 heavy (non-hydrogen) atoms. The maximum Gasteiger partial charge on any atom is 0.0121 e. The normalized spacial score (nSPS) is 29.4. The first-order valence-electron chi connectivity index (χ1n) is 6.90. The monoisotopic (exact) mass is 211 g/mol. The quantitative estimate of drug-likeness (QED) is 0.728. The van der Waals surface area contributed by atoms with Crippen LogP contribution in [0, 0.1) is 17.8 Å². The predicted octanol–water partition coefficient (Wildman–Crippen LogP) is 3.84. The van der Waals surface area contributed by atoms with E-state index in [0.717, 1.165) is 23.8 Å². The number of hydrogen-bond acceptors (Lipinski definition) is 1. The van der Waals surface area contributed by atoms with E-state index >= 15 is 0 Å². The van der Waals surface area contributed by atoms with E-state index in [0.29, 0.717) is 0 Å². The van der Waals surface area contributed by atoms with E-state index < -0.39 is 0 Å². The van der Waals surface area contributed by atoms with Crippen LogP contribution < -0.4 is 5.32 Å². The zero-order valence-corrected chi connectivity index (χ0v) is 11.1. The summed E-state index contributed by atoms with van der Waals surface area (Å²) in [5.41, 5.74) is 0. The van der Waals surface area contributed by atoms with Gasteiger partial charge in [0.25, 0.3) is 0 Å². The summed E-state index contributed by atoms with van der Waals surface area (Å²) in [5.74, 6) is 2.63. The molecule has 1 aliphatic rings. The Labute approximate surface area is 96.0 Å². The first kappa shape index (κ1) is 13.0. The van der Waals surface area contributed by atoms with Gasteiger partial charge in [-0.05, 0) is 37.1 Å². The molecule has 1 aliphatic carbocycles. The van der Waals surface area contributed by atoms with Crippen LogP contribution in [0.2, 0.25) is 0 Å². The van der Waals surface area contributed by atoms with Gasteiger partial charge >= 0.3 is 0 Å². The lowest BCUT2D eigenvalue weighted by atomic mass is 9.73. The molecule has 0 amide bonds. The second kappa shape index (κ2) is 6.52. The summed E-state index contributed by atoms with van der Waals surface area (Å²) in [6, 6.07) is 0.750. The van der Waals surface area contributed by atoms with Gasteiger partial charge in [0.05, 0.1) is 0 Å². The Hall–Kier alpha value is -0.0400. The van der Waals surface area contributed by atoms with Crippen LogP contribution in [0.5, 0.6) is 0 Å². The fraction of sp³-hybridized carbons (Fsp3) is 1.00. The van der Waals surface area contributed by atoms with Crippen LogP contribution in [0.15, 0.2) is 0 Å². The molecule has 1 fully saturated rings. The van der Waals surface area contributed by atoms with Crippen molar-refractivity contribution >= 4 is 0 Å². The second-order valence-corrected chi connectivity index (χ2v) is 5.65. The zero-order valence-electron chi connectivity index (χ0n) is 11.1. The summed E-state index contributed by atoms with van der Waals surface area (Å²) in [6.45, 7) is 10.6. The SMILES string of the molecule is CCCNC(C(C)C)C1CCCCC1C. The van der Waals surface area contributed by atoms with Gasteiger partial charge in [-0.15, -0.1) is 0 Å². The number of rotatable bonds is 5. The van der Waals surface area contributed by atoms with Crippen molar-refractivity contribution in [2.24, 2.45) is 17.8 Å². The third-order valence-corrected chi connectivity index (χ3v) is 3.99. The molecular weight excluding hydrogens is 182 g/mol. The van der Waals surface area contributed by atoms with Gasteiger partial charge in [0.2, 0.25) is 0 Å². The minimum absolute atomic E-state index is 0.750. The fourth-order valence-electron chi connectivity index (χ4n) is 3.07. The van der Waals surface area contributed by atoms with E-state index in [9.17, 15) is 0 Å². The summed E-state index contributed by atoms with van der Waals surface area (Å²) in [7, 11) is 0. The van der Waals surface area contributed by atoms with E-state index in [1.54, 1.807) is 0 Å². The average molecular weight is 211 g/mol. The summed E-state index contributed by atoms with van der Waals surface area (Å²) in [6.07, 6.45) is 7.05. The summed E-state index contributed by atoms with van der Waals surface area (Å²) >= 11 is 0. The third kappa shape index (κ3) is 3.79. The Balaban J connectivity index is 2.52. The largest absolute Gasteiger partial charge is 0.313 e. The molecule has 3 unspecified atom stereocenters. The van der Waals surface area contributed by atoms with E-state index in [4.69, 9.17) is 0 Å². The minimum atomic E-state index is 0.750. The van der Waals surface area contributed by atoms with Crippen LogP contribution >= 0.6 is 0 Å². The van der Waals surface area contributed by atoms with Crippen LogP contribution in [0.1, 0.15) is 59.8 Å².